The normalized spacial score (nSPS) is 12.4. The quantitative estimate of drug-likeness (QED) is 0.739. The molecule has 0 aliphatic heterocycles. The van der Waals surface area contributed by atoms with Crippen molar-refractivity contribution in [2.24, 2.45) is 5.92 Å². The first-order valence-corrected chi connectivity index (χ1v) is 5.31. The monoisotopic (exact) mass is 195 g/mol. The molecular formula is C11H21N3. The van der Waals surface area contributed by atoms with Crippen LogP contribution in [0.2, 0.25) is 0 Å². The fourth-order valence-corrected chi connectivity index (χ4v) is 1.40. The molecule has 3 heteroatoms. The van der Waals surface area contributed by atoms with Gasteiger partial charge < -0.3 is 0 Å². The Morgan fingerprint density at radius 1 is 1.43 bits per heavy atom. The van der Waals surface area contributed by atoms with E-state index < -0.39 is 0 Å². The Balaban J connectivity index is 2.65. The van der Waals surface area contributed by atoms with Crippen LogP contribution in [-0.2, 0) is 5.54 Å². The van der Waals surface area contributed by atoms with Crippen molar-refractivity contribution < 1.29 is 0 Å². The Bertz CT molecular complexity index is 286. The molecule has 3 nitrogen and oxygen atoms in total. The maximum absolute atomic E-state index is 4.13. The van der Waals surface area contributed by atoms with Gasteiger partial charge in [-0.25, -0.2) is 4.68 Å². The number of hydrogen-bond donors (Lipinski definition) is 0. The molecule has 1 aromatic rings. The summed E-state index contributed by atoms with van der Waals surface area (Å²) < 4.78 is 1.98. The zero-order valence-corrected chi connectivity index (χ0v) is 9.91. The number of aryl methyl sites for hydroxylation is 1. The molecule has 80 valence electrons. The smallest absolute Gasteiger partial charge is 0.0796 e. The molecule has 0 unspecified atom stereocenters. The standard InChI is InChI=1S/C11H21N3/c1-9(2)6-7-11(4,5)14-8-10(3)12-13-14/h8-9H,6-7H2,1-5H3. The molecule has 0 fully saturated rings. The van der Waals surface area contributed by atoms with Crippen molar-refractivity contribution in [3.63, 3.8) is 0 Å². The highest BCUT2D eigenvalue weighted by atomic mass is 15.4. The van der Waals surface area contributed by atoms with Gasteiger partial charge in [0.25, 0.3) is 0 Å². The lowest BCUT2D eigenvalue weighted by molar-refractivity contribution is 0.268. The van der Waals surface area contributed by atoms with Gasteiger partial charge in [-0.3, -0.25) is 0 Å². The van der Waals surface area contributed by atoms with Crippen molar-refractivity contribution >= 4 is 0 Å². The molecule has 0 N–H and O–H groups in total. The van der Waals surface area contributed by atoms with Gasteiger partial charge in [-0.05, 0) is 39.5 Å². The number of aromatic nitrogens is 3. The van der Waals surface area contributed by atoms with E-state index in [2.05, 4.69) is 38.0 Å². The van der Waals surface area contributed by atoms with Crippen LogP contribution in [0.15, 0.2) is 6.20 Å². The summed E-state index contributed by atoms with van der Waals surface area (Å²) in [5.41, 5.74) is 1.08. The largest absolute Gasteiger partial charge is 0.247 e. The van der Waals surface area contributed by atoms with Gasteiger partial charge in [-0.2, -0.15) is 0 Å². The molecule has 0 spiro atoms. The van der Waals surface area contributed by atoms with E-state index in [1.807, 2.05) is 17.8 Å². The Morgan fingerprint density at radius 2 is 2.07 bits per heavy atom. The van der Waals surface area contributed by atoms with E-state index in [1.54, 1.807) is 0 Å². The van der Waals surface area contributed by atoms with E-state index in [0.29, 0.717) is 0 Å². The number of nitrogens with zero attached hydrogens (tertiary/aromatic N) is 3. The van der Waals surface area contributed by atoms with Crippen molar-refractivity contribution in [1.82, 2.24) is 15.0 Å². The molecule has 0 saturated carbocycles. The third-order valence-electron chi connectivity index (χ3n) is 2.56. The fraction of sp³-hybridized carbons (Fsp3) is 0.818. The first-order valence-electron chi connectivity index (χ1n) is 5.31. The highest BCUT2D eigenvalue weighted by Crippen LogP contribution is 2.22. The van der Waals surface area contributed by atoms with Crippen LogP contribution in [0.25, 0.3) is 0 Å². The maximum Gasteiger partial charge on any atom is 0.0796 e. The van der Waals surface area contributed by atoms with E-state index in [4.69, 9.17) is 0 Å². The van der Waals surface area contributed by atoms with Gasteiger partial charge in [0.15, 0.2) is 0 Å². The fourth-order valence-electron chi connectivity index (χ4n) is 1.40. The lowest BCUT2D eigenvalue weighted by Crippen LogP contribution is -2.27. The van der Waals surface area contributed by atoms with Crippen molar-refractivity contribution in [2.45, 2.75) is 53.0 Å². The molecule has 14 heavy (non-hydrogen) atoms. The Morgan fingerprint density at radius 3 is 2.50 bits per heavy atom. The summed E-state index contributed by atoms with van der Waals surface area (Å²) in [6.07, 6.45) is 4.39. The summed E-state index contributed by atoms with van der Waals surface area (Å²) in [6, 6.07) is 0. The molecular weight excluding hydrogens is 174 g/mol. The summed E-state index contributed by atoms with van der Waals surface area (Å²) in [7, 11) is 0. The van der Waals surface area contributed by atoms with Crippen LogP contribution in [0.4, 0.5) is 0 Å². The Kier molecular flexibility index (Phi) is 3.29. The summed E-state index contributed by atoms with van der Waals surface area (Å²) in [4.78, 5) is 0. The van der Waals surface area contributed by atoms with E-state index in [9.17, 15) is 0 Å². The molecule has 0 aliphatic carbocycles. The van der Waals surface area contributed by atoms with Gasteiger partial charge in [-0.15, -0.1) is 5.10 Å². The van der Waals surface area contributed by atoms with Crippen LogP contribution in [0.3, 0.4) is 0 Å². The maximum atomic E-state index is 4.13. The molecule has 0 radical (unpaired) electrons. The lowest BCUT2D eigenvalue weighted by atomic mass is 9.94. The van der Waals surface area contributed by atoms with Gasteiger partial charge in [0.1, 0.15) is 0 Å². The second-order valence-electron chi connectivity index (χ2n) is 5.05. The molecule has 1 heterocycles. The van der Waals surface area contributed by atoms with Crippen LogP contribution in [0.5, 0.6) is 0 Å². The first-order chi connectivity index (χ1) is 6.42. The van der Waals surface area contributed by atoms with Gasteiger partial charge in [0, 0.05) is 6.20 Å². The van der Waals surface area contributed by atoms with Crippen LogP contribution >= 0.6 is 0 Å². The Hall–Kier alpha value is -0.860. The average molecular weight is 195 g/mol. The van der Waals surface area contributed by atoms with Crippen LogP contribution in [0, 0.1) is 12.8 Å². The van der Waals surface area contributed by atoms with Gasteiger partial charge in [0.2, 0.25) is 0 Å². The molecule has 0 aliphatic rings. The lowest BCUT2D eigenvalue weighted by Gasteiger charge is -2.25. The first kappa shape index (κ1) is 11.2. The van der Waals surface area contributed by atoms with Crippen LogP contribution < -0.4 is 0 Å². The summed E-state index contributed by atoms with van der Waals surface area (Å²) in [5.74, 6) is 0.749. The topological polar surface area (TPSA) is 30.7 Å². The predicted molar refractivity (Wildman–Crippen MR) is 58.2 cm³/mol. The Labute approximate surface area is 86.5 Å². The van der Waals surface area contributed by atoms with Gasteiger partial charge in [-0.1, -0.05) is 19.1 Å². The minimum Gasteiger partial charge on any atom is -0.247 e. The molecule has 0 amide bonds. The molecule has 0 bridgehead atoms. The van der Waals surface area contributed by atoms with Crippen LogP contribution in [0.1, 0.15) is 46.2 Å². The van der Waals surface area contributed by atoms with E-state index >= 15 is 0 Å². The third kappa shape index (κ3) is 2.82. The minimum absolute atomic E-state index is 0.0888. The molecule has 1 rings (SSSR count). The molecule has 0 saturated heterocycles. The van der Waals surface area contributed by atoms with Crippen molar-refractivity contribution in [1.29, 1.82) is 0 Å². The van der Waals surface area contributed by atoms with Crippen molar-refractivity contribution in [2.75, 3.05) is 0 Å². The zero-order chi connectivity index (χ0) is 10.8. The van der Waals surface area contributed by atoms with E-state index in [-0.39, 0.29) is 5.54 Å². The third-order valence-corrected chi connectivity index (χ3v) is 2.56. The van der Waals surface area contributed by atoms with Gasteiger partial charge >= 0.3 is 0 Å². The number of hydrogen-bond acceptors (Lipinski definition) is 2. The average Bonchev–Trinajstić information content (AvgIpc) is 2.49. The second kappa shape index (κ2) is 4.11. The highest BCUT2D eigenvalue weighted by molar-refractivity contribution is 4.91. The second-order valence-corrected chi connectivity index (χ2v) is 5.05. The minimum atomic E-state index is 0.0888. The molecule has 1 aromatic heterocycles. The number of rotatable bonds is 4. The summed E-state index contributed by atoms with van der Waals surface area (Å²) in [5, 5.41) is 8.16. The van der Waals surface area contributed by atoms with Crippen molar-refractivity contribution in [3.05, 3.63) is 11.9 Å². The van der Waals surface area contributed by atoms with Gasteiger partial charge in [0.05, 0.1) is 11.2 Å². The molecule has 0 atom stereocenters. The van der Waals surface area contributed by atoms with E-state index in [1.165, 1.54) is 6.42 Å². The summed E-state index contributed by atoms with van der Waals surface area (Å²) in [6.45, 7) is 10.9. The van der Waals surface area contributed by atoms with Crippen molar-refractivity contribution in [3.8, 4) is 0 Å². The molecule has 0 aromatic carbocycles. The predicted octanol–water partition coefficient (Wildman–Crippen LogP) is 2.76. The summed E-state index contributed by atoms with van der Waals surface area (Å²) >= 11 is 0. The SMILES string of the molecule is Cc1cn(C(C)(C)CCC(C)C)nn1. The zero-order valence-electron chi connectivity index (χ0n) is 9.91. The van der Waals surface area contributed by atoms with E-state index in [0.717, 1.165) is 18.0 Å². The van der Waals surface area contributed by atoms with Crippen LogP contribution in [-0.4, -0.2) is 15.0 Å². The highest BCUT2D eigenvalue weighted by Gasteiger charge is 2.21.